The van der Waals surface area contributed by atoms with Crippen molar-refractivity contribution in [3.05, 3.63) is 53.8 Å². The Hall–Kier alpha value is -3.34. The lowest BCUT2D eigenvalue weighted by molar-refractivity contribution is -0.139. The average Bonchev–Trinajstić information content (AvgIpc) is 3.52. The molecule has 2 aromatic carbocycles. The summed E-state index contributed by atoms with van der Waals surface area (Å²) in [6.45, 7) is 0.812. The number of carbonyl (C=O) groups is 2. The van der Waals surface area contributed by atoms with Crippen LogP contribution in [0.4, 0.5) is 10.1 Å². The molecule has 0 aromatic heterocycles. The molecule has 0 bridgehead atoms. The van der Waals surface area contributed by atoms with E-state index < -0.39 is 34.3 Å². The van der Waals surface area contributed by atoms with Crippen molar-refractivity contribution in [1.82, 2.24) is 10.2 Å². The molecule has 2 amide bonds. The topological polar surface area (TPSA) is 105 Å². The minimum atomic E-state index is -3.89. The van der Waals surface area contributed by atoms with E-state index in [1.54, 1.807) is 19.1 Å². The predicted molar refractivity (Wildman–Crippen MR) is 132 cm³/mol. The molecule has 9 nitrogen and oxygen atoms in total. The highest BCUT2D eigenvalue weighted by Crippen LogP contribution is 2.36. The maximum Gasteiger partial charge on any atom is 0.244 e. The van der Waals surface area contributed by atoms with Gasteiger partial charge in [0, 0.05) is 24.2 Å². The van der Waals surface area contributed by atoms with Gasteiger partial charge in [0.05, 0.1) is 11.9 Å². The van der Waals surface area contributed by atoms with Crippen molar-refractivity contribution < 1.29 is 31.9 Å². The van der Waals surface area contributed by atoms with Crippen molar-refractivity contribution in [3.8, 4) is 11.5 Å². The lowest BCUT2D eigenvalue weighted by atomic mass is 10.1. The van der Waals surface area contributed by atoms with E-state index in [1.807, 2.05) is 0 Å². The number of amides is 2. The van der Waals surface area contributed by atoms with Crippen molar-refractivity contribution in [1.29, 1.82) is 0 Å². The summed E-state index contributed by atoms with van der Waals surface area (Å²) < 4.78 is 51.4. The van der Waals surface area contributed by atoms with E-state index in [1.165, 1.54) is 35.2 Å². The number of benzene rings is 2. The zero-order valence-corrected chi connectivity index (χ0v) is 21.1. The van der Waals surface area contributed by atoms with Gasteiger partial charge in [0.2, 0.25) is 28.6 Å². The first-order valence-electron chi connectivity index (χ1n) is 11.8. The number of sulfonamides is 1. The summed E-state index contributed by atoms with van der Waals surface area (Å²) in [7, 11) is -3.89. The fourth-order valence-electron chi connectivity index (χ4n) is 4.44. The van der Waals surface area contributed by atoms with Gasteiger partial charge in [-0.25, -0.2) is 12.8 Å². The van der Waals surface area contributed by atoms with Gasteiger partial charge in [-0.1, -0.05) is 31.0 Å². The van der Waals surface area contributed by atoms with Crippen LogP contribution in [0, 0.1) is 5.82 Å². The lowest BCUT2D eigenvalue weighted by Gasteiger charge is -2.32. The number of anilines is 1. The van der Waals surface area contributed by atoms with E-state index in [0.29, 0.717) is 11.5 Å². The smallest absolute Gasteiger partial charge is 0.244 e. The van der Waals surface area contributed by atoms with Crippen LogP contribution in [0.25, 0.3) is 0 Å². The molecule has 1 atom stereocenters. The number of halogens is 1. The molecular weight excluding hydrogens is 489 g/mol. The summed E-state index contributed by atoms with van der Waals surface area (Å²) >= 11 is 0. The van der Waals surface area contributed by atoms with E-state index in [0.717, 1.165) is 36.2 Å². The Bertz CT molecular complexity index is 1230. The van der Waals surface area contributed by atoms with E-state index >= 15 is 0 Å². The van der Waals surface area contributed by atoms with Crippen LogP contribution in [-0.4, -0.2) is 56.8 Å². The van der Waals surface area contributed by atoms with Gasteiger partial charge in [-0.15, -0.1) is 0 Å². The number of fused-ring (bicyclic) bond motifs is 1. The predicted octanol–water partition coefficient (Wildman–Crippen LogP) is 2.80. The van der Waals surface area contributed by atoms with E-state index in [9.17, 15) is 22.4 Å². The summed E-state index contributed by atoms with van der Waals surface area (Å²) in [6, 6.07) is 9.62. The van der Waals surface area contributed by atoms with E-state index in [-0.39, 0.29) is 36.5 Å². The number of carbonyl (C=O) groups excluding carboxylic acids is 2. The molecule has 36 heavy (non-hydrogen) atoms. The van der Waals surface area contributed by atoms with Gasteiger partial charge in [-0.3, -0.25) is 13.9 Å². The summed E-state index contributed by atoms with van der Waals surface area (Å²) in [5.41, 5.74) is 0.435. The normalized spacial score (nSPS) is 16.0. The first-order chi connectivity index (χ1) is 17.1. The molecule has 1 fully saturated rings. The SMILES string of the molecule is C[C@@H](C(=O)NC1CCCC1)N(Cc1ccccc1F)C(=O)CN(c1ccc2c(c1)OCO2)S(C)(=O)=O. The second-order valence-corrected chi connectivity index (χ2v) is 11.0. The van der Waals surface area contributed by atoms with Crippen LogP contribution in [0.1, 0.15) is 38.2 Å². The molecule has 11 heteroatoms. The molecule has 1 aliphatic heterocycles. The second-order valence-electron chi connectivity index (χ2n) is 9.09. The Balaban J connectivity index is 1.60. The minimum absolute atomic E-state index is 0.0145. The Morgan fingerprint density at radius 2 is 1.81 bits per heavy atom. The molecule has 1 saturated carbocycles. The Morgan fingerprint density at radius 1 is 1.11 bits per heavy atom. The van der Waals surface area contributed by atoms with Crippen molar-refractivity contribution in [2.75, 3.05) is 23.9 Å². The Morgan fingerprint density at radius 3 is 2.50 bits per heavy atom. The number of rotatable bonds is 9. The summed E-state index contributed by atoms with van der Waals surface area (Å²) in [6.07, 6.45) is 4.77. The molecule has 194 valence electrons. The zero-order chi connectivity index (χ0) is 25.9. The molecule has 0 unspecified atom stereocenters. The van der Waals surface area contributed by atoms with Crippen LogP contribution < -0.4 is 19.1 Å². The summed E-state index contributed by atoms with van der Waals surface area (Å²) in [4.78, 5) is 27.8. The van der Waals surface area contributed by atoms with Gasteiger partial charge < -0.3 is 19.7 Å². The van der Waals surface area contributed by atoms with Crippen molar-refractivity contribution in [2.45, 2.75) is 51.2 Å². The summed E-state index contributed by atoms with van der Waals surface area (Å²) in [5.74, 6) is -0.691. The molecule has 0 spiro atoms. The standard InChI is InChI=1S/C25H30FN3O6S/c1-17(25(31)27-19-8-4-5-9-19)28(14-18-7-3-6-10-21(18)26)24(30)15-29(36(2,32)33)20-11-12-22-23(13-20)35-16-34-22/h3,6-7,10-13,17,19H,4-5,8-9,14-16H2,1-2H3,(H,27,31)/t17-/m0/s1. The zero-order valence-electron chi connectivity index (χ0n) is 20.3. The van der Waals surface area contributed by atoms with Gasteiger partial charge in [-0.05, 0) is 38.0 Å². The highest BCUT2D eigenvalue weighted by molar-refractivity contribution is 7.92. The summed E-state index contributed by atoms with van der Waals surface area (Å²) in [5, 5.41) is 2.97. The Labute approximate surface area is 210 Å². The maximum atomic E-state index is 14.5. The van der Waals surface area contributed by atoms with Gasteiger partial charge in [-0.2, -0.15) is 0 Å². The van der Waals surface area contributed by atoms with Gasteiger partial charge in [0.25, 0.3) is 0 Å². The first kappa shape index (κ1) is 25.7. The molecule has 0 saturated heterocycles. The number of hydrogen-bond acceptors (Lipinski definition) is 6. The van der Waals surface area contributed by atoms with Gasteiger partial charge in [0.1, 0.15) is 18.4 Å². The fourth-order valence-corrected chi connectivity index (χ4v) is 5.28. The molecular formula is C25H30FN3O6S. The monoisotopic (exact) mass is 519 g/mol. The largest absolute Gasteiger partial charge is 0.454 e. The van der Waals surface area contributed by atoms with E-state index in [4.69, 9.17) is 9.47 Å². The van der Waals surface area contributed by atoms with Crippen molar-refractivity contribution in [2.24, 2.45) is 0 Å². The van der Waals surface area contributed by atoms with E-state index in [2.05, 4.69) is 5.32 Å². The lowest BCUT2D eigenvalue weighted by Crippen LogP contribution is -2.52. The third kappa shape index (κ3) is 5.89. The number of nitrogens with zero attached hydrogens (tertiary/aromatic N) is 2. The third-order valence-electron chi connectivity index (χ3n) is 6.49. The van der Waals surface area contributed by atoms with Crippen LogP contribution in [0.2, 0.25) is 0 Å². The molecule has 2 aromatic rings. The molecule has 1 N–H and O–H groups in total. The molecule has 1 heterocycles. The molecule has 0 radical (unpaired) electrons. The average molecular weight is 520 g/mol. The maximum absolute atomic E-state index is 14.5. The number of hydrogen-bond donors (Lipinski definition) is 1. The van der Waals surface area contributed by atoms with Crippen molar-refractivity contribution >= 4 is 27.5 Å². The highest BCUT2D eigenvalue weighted by Gasteiger charge is 2.32. The van der Waals surface area contributed by atoms with Gasteiger partial charge >= 0.3 is 0 Å². The highest BCUT2D eigenvalue weighted by atomic mass is 32.2. The number of nitrogens with one attached hydrogen (secondary N) is 1. The van der Waals surface area contributed by atoms with Crippen LogP contribution in [0.5, 0.6) is 11.5 Å². The first-order valence-corrected chi connectivity index (χ1v) is 13.7. The quantitative estimate of drug-likeness (QED) is 0.546. The fraction of sp³-hybridized carbons (Fsp3) is 0.440. The Kier molecular flexibility index (Phi) is 7.67. The van der Waals surface area contributed by atoms with Crippen molar-refractivity contribution in [3.63, 3.8) is 0 Å². The molecule has 1 aliphatic carbocycles. The van der Waals surface area contributed by atoms with Crippen LogP contribution in [0.15, 0.2) is 42.5 Å². The number of ether oxygens (including phenoxy) is 2. The van der Waals surface area contributed by atoms with Crippen LogP contribution >= 0.6 is 0 Å². The van der Waals surface area contributed by atoms with Gasteiger partial charge in [0.15, 0.2) is 11.5 Å². The van der Waals surface area contributed by atoms with Crippen LogP contribution in [-0.2, 0) is 26.2 Å². The molecule has 4 rings (SSSR count). The van der Waals surface area contributed by atoms with Crippen LogP contribution in [0.3, 0.4) is 0 Å². The minimum Gasteiger partial charge on any atom is -0.454 e. The molecule has 2 aliphatic rings. The second kappa shape index (κ2) is 10.7. The third-order valence-corrected chi connectivity index (χ3v) is 7.63.